The van der Waals surface area contributed by atoms with E-state index in [1.807, 2.05) is 27.2 Å². The number of nitrogens with zero attached hydrogens (tertiary/aromatic N) is 1. The van der Waals surface area contributed by atoms with Gasteiger partial charge in [0.15, 0.2) is 6.10 Å². The average Bonchev–Trinajstić information content (AvgIpc) is 2.63. The lowest BCUT2D eigenvalue weighted by atomic mass is 10.1. The Labute approximate surface area is 184 Å². The fraction of sp³-hybridized carbons (Fsp3) is 0.760. The van der Waals surface area contributed by atoms with Crippen LogP contribution in [0, 0.1) is 0 Å². The van der Waals surface area contributed by atoms with E-state index in [-0.39, 0.29) is 6.42 Å². The quantitative estimate of drug-likeness (QED) is 0.100. The number of hydrogen-bond acceptors (Lipinski definition) is 4. The molecule has 0 amide bonds. The second-order valence-electron chi connectivity index (χ2n) is 9.22. The highest BCUT2D eigenvalue weighted by Gasteiger charge is 2.21. The molecule has 30 heavy (non-hydrogen) atoms. The van der Waals surface area contributed by atoms with Gasteiger partial charge in [0, 0.05) is 18.5 Å². The summed E-state index contributed by atoms with van der Waals surface area (Å²) in [5, 5.41) is 10.8. The zero-order chi connectivity index (χ0) is 22.7. The van der Waals surface area contributed by atoms with E-state index in [2.05, 4.69) is 13.0 Å². The topological polar surface area (TPSA) is 66.4 Å². The fourth-order valence-electron chi connectivity index (χ4n) is 3.38. The summed E-state index contributed by atoms with van der Waals surface area (Å²) in [6.07, 6.45) is 21.6. The Morgan fingerprint density at radius 1 is 0.867 bits per heavy atom. The Bertz CT molecular complexity index is 506. The van der Waals surface area contributed by atoms with Crippen molar-refractivity contribution in [1.29, 1.82) is 0 Å². The van der Waals surface area contributed by atoms with Gasteiger partial charge in [-0.1, -0.05) is 89.4 Å². The molecule has 5 heteroatoms. The first-order valence-corrected chi connectivity index (χ1v) is 11.8. The van der Waals surface area contributed by atoms with Gasteiger partial charge < -0.3 is 19.1 Å². The number of allylic oxidation sites excluding steroid dienone is 3. The standard InChI is InChI=1S/C25H45NO4/c1-5-6-7-8-9-10-11-12-13-14-15-16-17-18-19-20-25(29)30-23(21-24(27)28)22-26(2,3)4/h17-20,23H,5-16,21-22H2,1-4H3/b18-17+,20-19+. The molecule has 0 aromatic heterocycles. The molecule has 0 rings (SSSR count). The smallest absolute Gasteiger partial charge is 0.331 e. The van der Waals surface area contributed by atoms with Crippen molar-refractivity contribution in [3.8, 4) is 0 Å². The van der Waals surface area contributed by atoms with E-state index >= 15 is 0 Å². The van der Waals surface area contributed by atoms with Crippen molar-refractivity contribution in [2.75, 3.05) is 27.7 Å². The molecule has 5 nitrogen and oxygen atoms in total. The van der Waals surface area contributed by atoms with Gasteiger partial charge in [-0.25, -0.2) is 4.79 Å². The molecular weight excluding hydrogens is 378 g/mol. The second kappa shape index (κ2) is 18.2. The molecule has 174 valence electrons. The molecule has 0 heterocycles. The lowest BCUT2D eigenvalue weighted by Gasteiger charge is -2.28. The zero-order valence-corrected chi connectivity index (χ0v) is 19.9. The Morgan fingerprint density at radius 3 is 1.90 bits per heavy atom. The van der Waals surface area contributed by atoms with Crippen LogP contribution in [0.5, 0.6) is 0 Å². The first-order chi connectivity index (χ1) is 14.2. The van der Waals surface area contributed by atoms with Crippen molar-refractivity contribution >= 4 is 11.9 Å². The Morgan fingerprint density at radius 2 is 1.40 bits per heavy atom. The highest BCUT2D eigenvalue weighted by Crippen LogP contribution is 2.12. The molecule has 0 N–H and O–H groups in total. The zero-order valence-electron chi connectivity index (χ0n) is 19.9. The van der Waals surface area contributed by atoms with Crippen molar-refractivity contribution in [1.82, 2.24) is 0 Å². The normalized spacial score (nSPS) is 13.2. The van der Waals surface area contributed by atoms with Crippen LogP contribution < -0.4 is 5.11 Å². The first-order valence-electron chi connectivity index (χ1n) is 11.8. The molecule has 0 aliphatic heterocycles. The minimum absolute atomic E-state index is 0.288. The summed E-state index contributed by atoms with van der Waals surface area (Å²) in [6.45, 7) is 2.67. The number of carbonyl (C=O) groups is 2. The van der Waals surface area contributed by atoms with E-state index in [1.54, 1.807) is 6.08 Å². The predicted octanol–water partition coefficient (Wildman–Crippen LogP) is 4.56. The molecule has 0 aromatic rings. The van der Waals surface area contributed by atoms with Crippen LogP contribution in [-0.4, -0.2) is 50.2 Å². The number of hydrogen-bond donors (Lipinski definition) is 0. The first kappa shape index (κ1) is 28.4. The Kier molecular flexibility index (Phi) is 17.2. The molecule has 0 saturated carbocycles. The number of ether oxygens (including phenoxy) is 1. The van der Waals surface area contributed by atoms with E-state index in [1.165, 1.54) is 76.7 Å². The van der Waals surface area contributed by atoms with Crippen LogP contribution in [0.3, 0.4) is 0 Å². The molecule has 0 spiro atoms. The molecule has 1 unspecified atom stereocenters. The molecule has 0 aliphatic rings. The van der Waals surface area contributed by atoms with Gasteiger partial charge in [0.25, 0.3) is 0 Å². The number of esters is 1. The van der Waals surface area contributed by atoms with Crippen molar-refractivity contribution in [2.45, 2.75) is 96.5 Å². The molecule has 0 bridgehead atoms. The third-order valence-corrected chi connectivity index (χ3v) is 4.88. The molecule has 0 radical (unpaired) electrons. The minimum Gasteiger partial charge on any atom is -0.550 e. The van der Waals surface area contributed by atoms with Crippen LogP contribution in [0.1, 0.15) is 90.4 Å². The molecule has 0 aliphatic carbocycles. The number of aliphatic carboxylic acids is 1. The number of carboxylic acids is 1. The van der Waals surface area contributed by atoms with E-state index in [0.29, 0.717) is 11.0 Å². The summed E-state index contributed by atoms with van der Waals surface area (Å²) in [5.74, 6) is -1.73. The number of unbranched alkanes of at least 4 members (excludes halogenated alkanes) is 11. The fourth-order valence-corrected chi connectivity index (χ4v) is 3.38. The number of carboxylic acid groups (broad SMARTS) is 1. The maximum Gasteiger partial charge on any atom is 0.331 e. The number of rotatable bonds is 19. The minimum atomic E-state index is -1.21. The molecular formula is C25H45NO4. The summed E-state index contributed by atoms with van der Waals surface area (Å²) >= 11 is 0. The van der Waals surface area contributed by atoms with Gasteiger partial charge in [0.2, 0.25) is 0 Å². The van der Waals surface area contributed by atoms with Gasteiger partial charge in [-0.15, -0.1) is 0 Å². The molecule has 0 aromatic carbocycles. The number of carbonyl (C=O) groups excluding carboxylic acids is 2. The highest BCUT2D eigenvalue weighted by atomic mass is 16.5. The third-order valence-electron chi connectivity index (χ3n) is 4.88. The van der Waals surface area contributed by atoms with Gasteiger partial charge in [-0.2, -0.15) is 0 Å². The van der Waals surface area contributed by atoms with Crippen molar-refractivity contribution in [3.63, 3.8) is 0 Å². The average molecular weight is 424 g/mol. The largest absolute Gasteiger partial charge is 0.550 e. The third kappa shape index (κ3) is 21.1. The van der Waals surface area contributed by atoms with E-state index in [0.717, 1.165) is 6.42 Å². The van der Waals surface area contributed by atoms with E-state index in [9.17, 15) is 14.7 Å². The van der Waals surface area contributed by atoms with E-state index < -0.39 is 18.0 Å². The molecule has 0 fully saturated rings. The number of quaternary nitrogens is 1. The number of likely N-dealkylation sites (N-methyl/N-ethyl adjacent to an activating group) is 1. The van der Waals surface area contributed by atoms with Crippen LogP contribution in [0.4, 0.5) is 0 Å². The Hall–Kier alpha value is -1.62. The van der Waals surface area contributed by atoms with Crippen LogP contribution in [0.15, 0.2) is 24.3 Å². The van der Waals surface area contributed by atoms with Crippen molar-refractivity contribution in [2.24, 2.45) is 0 Å². The SMILES string of the molecule is CCCCCCCCCCCCC/C=C/C=C/C(=O)OC(CC(=O)[O-])C[N+](C)(C)C. The lowest BCUT2D eigenvalue weighted by Crippen LogP contribution is -2.45. The summed E-state index contributed by atoms with van der Waals surface area (Å²) in [7, 11) is 5.76. The van der Waals surface area contributed by atoms with Crippen molar-refractivity contribution < 1.29 is 23.9 Å². The second-order valence-corrected chi connectivity index (χ2v) is 9.22. The summed E-state index contributed by atoms with van der Waals surface area (Å²) in [4.78, 5) is 22.7. The summed E-state index contributed by atoms with van der Waals surface area (Å²) in [5.41, 5.74) is 0. The molecule has 0 saturated heterocycles. The van der Waals surface area contributed by atoms with Gasteiger partial charge in [0.05, 0.1) is 21.1 Å². The van der Waals surface area contributed by atoms with Gasteiger partial charge in [-0.3, -0.25) is 0 Å². The summed E-state index contributed by atoms with van der Waals surface area (Å²) < 4.78 is 5.77. The maximum atomic E-state index is 11.9. The van der Waals surface area contributed by atoms with Gasteiger partial charge in [-0.05, 0) is 12.8 Å². The van der Waals surface area contributed by atoms with Crippen LogP contribution in [-0.2, 0) is 14.3 Å². The monoisotopic (exact) mass is 423 g/mol. The van der Waals surface area contributed by atoms with Gasteiger partial charge >= 0.3 is 5.97 Å². The molecule has 1 atom stereocenters. The summed E-state index contributed by atoms with van der Waals surface area (Å²) in [6, 6.07) is 0. The van der Waals surface area contributed by atoms with Crippen molar-refractivity contribution in [3.05, 3.63) is 24.3 Å². The van der Waals surface area contributed by atoms with Gasteiger partial charge in [0.1, 0.15) is 6.54 Å². The van der Waals surface area contributed by atoms with Crippen LogP contribution in [0.25, 0.3) is 0 Å². The highest BCUT2D eigenvalue weighted by molar-refractivity contribution is 5.82. The van der Waals surface area contributed by atoms with Crippen LogP contribution >= 0.6 is 0 Å². The van der Waals surface area contributed by atoms with Crippen LogP contribution in [0.2, 0.25) is 0 Å². The predicted molar refractivity (Wildman–Crippen MR) is 122 cm³/mol. The van der Waals surface area contributed by atoms with E-state index in [4.69, 9.17) is 4.74 Å². The maximum absolute atomic E-state index is 11.9. The lowest BCUT2D eigenvalue weighted by molar-refractivity contribution is -0.873. The Balaban J connectivity index is 3.81.